The van der Waals surface area contributed by atoms with E-state index in [1.165, 1.54) is 0 Å². The van der Waals surface area contributed by atoms with E-state index in [9.17, 15) is 52.7 Å². The maximum atomic E-state index is 14.9. The van der Waals surface area contributed by atoms with Crippen LogP contribution in [0.2, 0.25) is 0 Å². The number of guanidine groups is 6. The summed E-state index contributed by atoms with van der Waals surface area (Å²) < 4.78 is 0. The minimum atomic E-state index is -1.48. The minimum absolute atomic E-state index is 0.00467. The highest BCUT2D eigenvalue weighted by molar-refractivity contribution is 5.99. The predicted molar refractivity (Wildman–Crippen MR) is 413 cm³/mol. The van der Waals surface area contributed by atoms with Gasteiger partial charge in [0, 0.05) is 39.3 Å². The molecule has 11 amide bonds. The van der Waals surface area contributed by atoms with Crippen LogP contribution in [0.4, 0.5) is 0 Å². The summed E-state index contributed by atoms with van der Waals surface area (Å²) in [6.45, 7) is 18.3. The highest BCUT2D eigenvalue weighted by Gasteiger charge is 2.37. The van der Waals surface area contributed by atoms with Crippen LogP contribution in [-0.4, -0.2) is 206 Å². The van der Waals surface area contributed by atoms with Crippen LogP contribution in [0.3, 0.4) is 0 Å². The summed E-state index contributed by atoms with van der Waals surface area (Å²) in [7, 11) is 0. The lowest BCUT2D eigenvalue weighted by Gasteiger charge is -2.29. The lowest BCUT2D eigenvalue weighted by molar-refractivity contribution is -0.136. The Bertz CT molecular complexity index is 2990. The number of hydrogen-bond acceptors (Lipinski definition) is 18. The van der Waals surface area contributed by atoms with E-state index in [-0.39, 0.29) is 207 Å². The number of aliphatic imine (C=N–C) groups is 6. The van der Waals surface area contributed by atoms with Gasteiger partial charge >= 0.3 is 0 Å². The monoisotopic (exact) mass is 1520 g/mol. The molecule has 0 rings (SSSR count). The van der Waals surface area contributed by atoms with Crippen molar-refractivity contribution in [1.82, 2.24) is 53.2 Å². The molecule has 107 heavy (non-hydrogen) atoms. The Labute approximate surface area is 628 Å². The van der Waals surface area contributed by atoms with Crippen LogP contribution >= 0.6 is 0 Å². The highest BCUT2D eigenvalue weighted by atomic mass is 16.2. The first kappa shape index (κ1) is 96.8. The topological polar surface area (TPSA) is 747 Å². The Kier molecular flexibility index (Phi) is 47.6. The molecule has 0 radical (unpaired) electrons. The van der Waals surface area contributed by atoms with Crippen molar-refractivity contribution in [2.75, 3.05) is 39.3 Å². The summed E-state index contributed by atoms with van der Waals surface area (Å²) in [4.78, 5) is 181. The van der Waals surface area contributed by atoms with E-state index in [0.29, 0.717) is 6.42 Å². The van der Waals surface area contributed by atoms with Crippen molar-refractivity contribution in [1.29, 1.82) is 0 Å². The first-order chi connectivity index (χ1) is 50.0. The van der Waals surface area contributed by atoms with E-state index < -0.39 is 131 Å². The van der Waals surface area contributed by atoms with Crippen LogP contribution in [0.1, 0.15) is 178 Å². The van der Waals surface area contributed by atoms with Crippen molar-refractivity contribution in [3.63, 3.8) is 0 Å². The maximum Gasteiger partial charge on any atom is 0.243 e. The van der Waals surface area contributed by atoms with Gasteiger partial charge in [-0.3, -0.25) is 82.7 Å². The van der Waals surface area contributed by atoms with E-state index >= 15 is 0 Å². The second-order valence-electron chi connectivity index (χ2n) is 28.5. The van der Waals surface area contributed by atoms with Crippen LogP contribution in [0.5, 0.6) is 0 Å². The Morgan fingerprint density at radius 1 is 0.224 bits per heavy atom. The first-order valence-electron chi connectivity index (χ1n) is 36.4. The molecule has 11 atom stereocenters. The quantitative estimate of drug-likeness (QED) is 0.0153. The summed E-state index contributed by atoms with van der Waals surface area (Å²) in [5, 5.41) is 27.2. The molecule has 0 aromatic heterocycles. The molecule has 38 N–H and O–H groups in total. The fraction of sp³-hybridized carbons (Fsp3) is 0.742. The van der Waals surface area contributed by atoms with Crippen molar-refractivity contribution in [3.05, 3.63) is 0 Å². The molecule has 0 aliphatic carbocycles. The number of hydrogen-bond donors (Lipinski definition) is 24. The summed E-state index contributed by atoms with van der Waals surface area (Å²) in [5.41, 5.74) is 78.6. The molecule has 0 spiro atoms. The van der Waals surface area contributed by atoms with Gasteiger partial charge in [-0.15, -0.1) is 0 Å². The number of carbonyl (C=O) groups excluding carboxylic acids is 11. The van der Waals surface area contributed by atoms with E-state index in [1.807, 2.05) is 41.5 Å². The number of nitrogens with two attached hydrogens (primary N) is 14. The third-order valence-corrected chi connectivity index (χ3v) is 15.9. The van der Waals surface area contributed by atoms with E-state index in [1.54, 1.807) is 27.7 Å². The van der Waals surface area contributed by atoms with Crippen molar-refractivity contribution in [2.24, 2.45) is 140 Å². The Balaban J connectivity index is 7.61. The maximum absolute atomic E-state index is 14.9. The van der Waals surface area contributed by atoms with Crippen molar-refractivity contribution in [2.45, 2.75) is 245 Å². The number of carbonyl (C=O) groups is 11. The van der Waals surface area contributed by atoms with Gasteiger partial charge in [0.1, 0.15) is 60.4 Å². The highest BCUT2D eigenvalue weighted by Crippen LogP contribution is 2.16. The molecule has 0 bridgehead atoms. The normalized spacial score (nSPS) is 14.2. The zero-order valence-electron chi connectivity index (χ0n) is 64.3. The standard InChI is InChI=1S/C66H130N30O11/c1-34(2)29-45(92-51(98)39(67)17-11-23-81-61(69)70)59(106)96-48(32-37(7)8)58(105)91-42(20-14-26-84-64(75)76)53(100)88-43(21-15-27-85-65(77)78)54(101)93-47(31-36(5)6)57(104)90-41(19-13-25-83-63(73)74)52(99)89-44(22-16-28-86-66(79)80)55(102)94-49(33-38(9)10)60(107)95-46(30-35(3)4)56(103)87-40(50(68)97)18-12-24-82-62(71)72/h34-49H,11-33,67H2,1-10H3,(H2,68,97)(H,87,103)(H,88,100)(H,89,99)(H,90,104)(H,91,105)(H,92,98)(H,93,101)(H,94,102)(H,95,107)(H,96,106)(H4,69,70,81)(H4,71,72,82)(H4,73,74,83)(H4,75,76,84)(H4,77,78,85)(H4,79,80,86)/t39-,40-,41-,42-,43-,44-,45-,46-,47-,48-,49-/m0/s1. The van der Waals surface area contributed by atoms with Gasteiger partial charge < -0.3 is 133 Å². The van der Waals surface area contributed by atoms with Crippen LogP contribution in [0.25, 0.3) is 0 Å². The summed E-state index contributed by atoms with van der Waals surface area (Å²) >= 11 is 0. The smallest absolute Gasteiger partial charge is 0.243 e. The molecular weight excluding hydrogens is 1390 g/mol. The van der Waals surface area contributed by atoms with Crippen LogP contribution in [0, 0.1) is 29.6 Å². The van der Waals surface area contributed by atoms with Crippen LogP contribution < -0.4 is 133 Å². The van der Waals surface area contributed by atoms with Gasteiger partial charge in [0.15, 0.2) is 35.8 Å². The molecular formula is C66H130N30O11. The van der Waals surface area contributed by atoms with Crippen molar-refractivity contribution >= 4 is 101 Å². The van der Waals surface area contributed by atoms with Gasteiger partial charge in [-0.1, -0.05) is 69.2 Å². The third kappa shape index (κ3) is 45.7. The molecule has 0 aromatic carbocycles. The van der Waals surface area contributed by atoms with Crippen LogP contribution in [-0.2, 0) is 52.7 Å². The number of nitrogens with zero attached hydrogens (tertiary/aromatic N) is 6. The minimum Gasteiger partial charge on any atom is -0.370 e. The van der Waals surface area contributed by atoms with Gasteiger partial charge in [0.05, 0.1) is 6.04 Å². The lowest BCUT2D eigenvalue weighted by Crippen LogP contribution is -2.61. The molecule has 0 unspecified atom stereocenters. The second-order valence-corrected chi connectivity index (χ2v) is 28.5. The predicted octanol–water partition coefficient (Wildman–Crippen LogP) is -6.80. The Morgan fingerprint density at radius 2 is 0.374 bits per heavy atom. The lowest BCUT2D eigenvalue weighted by atomic mass is 9.99. The van der Waals surface area contributed by atoms with E-state index in [4.69, 9.17) is 80.3 Å². The molecule has 610 valence electrons. The van der Waals surface area contributed by atoms with E-state index in [0.717, 1.165) is 0 Å². The van der Waals surface area contributed by atoms with Gasteiger partial charge in [-0.25, -0.2) is 0 Å². The fourth-order valence-corrected chi connectivity index (χ4v) is 10.8. The molecule has 0 aliphatic rings. The SMILES string of the molecule is CC(C)C[C@H](NC(=O)[C@H](CC(C)C)NC(=O)[C@H](CCCN=C(N)N)NC(=O)[C@H](CCCN=C(N)N)NC(=O)[C@H](CC(C)C)NC(=O)[C@H](CCCN=C(N)N)NC(=O)[C@H](CCCN=C(N)N)NC(=O)[C@H](CC(C)C)NC(=O)[C@H](CC(C)C)NC(=O)[C@@H](N)CCCN=C(N)N)C(=O)N[C@@H](CCCN=C(N)N)C(N)=O. The molecule has 0 fully saturated rings. The fourth-order valence-electron chi connectivity index (χ4n) is 10.8. The molecule has 41 heteroatoms. The van der Waals surface area contributed by atoms with Crippen molar-refractivity contribution in [3.8, 4) is 0 Å². The largest absolute Gasteiger partial charge is 0.370 e. The molecule has 0 saturated heterocycles. The number of rotatable bonds is 55. The van der Waals surface area contributed by atoms with Crippen LogP contribution in [0.15, 0.2) is 30.0 Å². The van der Waals surface area contributed by atoms with Crippen molar-refractivity contribution < 1.29 is 52.7 Å². The molecule has 41 nitrogen and oxygen atoms in total. The molecule has 0 aliphatic heterocycles. The van der Waals surface area contributed by atoms with Gasteiger partial charge in [-0.05, 0) is 139 Å². The molecule has 0 saturated carbocycles. The summed E-state index contributed by atoms with van der Waals surface area (Å²) in [6.07, 6.45) is 1.04. The zero-order valence-corrected chi connectivity index (χ0v) is 64.3. The molecule has 0 aromatic rings. The van der Waals surface area contributed by atoms with Gasteiger partial charge in [0.25, 0.3) is 0 Å². The summed E-state index contributed by atoms with van der Waals surface area (Å²) in [5.74, 6) is -11.2. The second kappa shape index (κ2) is 52.7. The van der Waals surface area contributed by atoms with Gasteiger partial charge in [0.2, 0.25) is 65.0 Å². The zero-order chi connectivity index (χ0) is 81.6. The number of primary amides is 1. The average Bonchev–Trinajstić information content (AvgIpc) is 0.860. The van der Waals surface area contributed by atoms with Gasteiger partial charge in [-0.2, -0.15) is 0 Å². The first-order valence-corrected chi connectivity index (χ1v) is 36.4. The van der Waals surface area contributed by atoms with E-state index in [2.05, 4.69) is 83.1 Å². The third-order valence-electron chi connectivity index (χ3n) is 15.9. The number of amides is 11. The molecule has 0 heterocycles. The Morgan fingerprint density at radius 3 is 0.551 bits per heavy atom. The average molecular weight is 1520 g/mol. The number of nitrogens with one attached hydrogen (secondary N) is 10. The summed E-state index contributed by atoms with van der Waals surface area (Å²) in [6, 6.07) is -14.4. The Hall–Kier alpha value is -10.2.